The molecule has 0 aliphatic heterocycles. The molecule has 1 aliphatic rings. The van der Waals surface area contributed by atoms with Gasteiger partial charge in [0.25, 0.3) is 0 Å². The minimum Gasteiger partial charge on any atom is -0.356 e. The van der Waals surface area contributed by atoms with Crippen LogP contribution in [0.15, 0.2) is 10.4 Å². The molecule has 1 aliphatic carbocycles. The van der Waals surface area contributed by atoms with Crippen molar-refractivity contribution >= 4 is 17.3 Å². The van der Waals surface area contributed by atoms with E-state index in [1.165, 1.54) is 25.7 Å². The summed E-state index contributed by atoms with van der Waals surface area (Å²) < 4.78 is 37.7. The van der Waals surface area contributed by atoms with E-state index >= 15 is 0 Å². The third-order valence-electron chi connectivity index (χ3n) is 4.71. The molecule has 1 fully saturated rings. The Bertz CT molecular complexity index is 562. The topological polar surface area (TPSA) is 40.5 Å². The van der Waals surface area contributed by atoms with Crippen molar-refractivity contribution in [3.8, 4) is 0 Å². The van der Waals surface area contributed by atoms with Gasteiger partial charge in [-0.3, -0.25) is 4.99 Å². The molecule has 142 valence electrons. The largest absolute Gasteiger partial charge is 0.434 e. The lowest BCUT2D eigenvalue weighted by atomic mass is 9.83. The zero-order valence-corrected chi connectivity index (χ0v) is 15.9. The predicted molar refractivity (Wildman–Crippen MR) is 95.9 cm³/mol. The number of hydrogen-bond donors (Lipinski definition) is 1. The van der Waals surface area contributed by atoms with Crippen molar-refractivity contribution < 1.29 is 13.2 Å². The molecular weight excluding hydrogens is 349 g/mol. The molecular formula is C17H27F3N4S. The van der Waals surface area contributed by atoms with Crippen LogP contribution in [0.25, 0.3) is 0 Å². The Morgan fingerprint density at radius 1 is 1.36 bits per heavy atom. The highest BCUT2D eigenvalue weighted by atomic mass is 32.1. The summed E-state index contributed by atoms with van der Waals surface area (Å²) in [6.45, 7) is 3.79. The lowest BCUT2D eigenvalue weighted by molar-refractivity contribution is -0.140. The van der Waals surface area contributed by atoms with Gasteiger partial charge in [0.2, 0.25) is 0 Å². The Morgan fingerprint density at radius 3 is 2.60 bits per heavy atom. The van der Waals surface area contributed by atoms with E-state index in [4.69, 9.17) is 0 Å². The molecule has 1 aromatic heterocycles. The maximum Gasteiger partial charge on any atom is 0.434 e. The van der Waals surface area contributed by atoms with E-state index in [2.05, 4.69) is 27.1 Å². The zero-order valence-electron chi connectivity index (χ0n) is 15.1. The maximum atomic E-state index is 12.6. The Balaban J connectivity index is 1.77. The van der Waals surface area contributed by atoms with Crippen LogP contribution in [-0.4, -0.2) is 43.0 Å². The quantitative estimate of drug-likeness (QED) is 0.623. The molecule has 1 heterocycles. The number of alkyl halides is 3. The standard InChI is InChI=1S/C17H27F3N4S/c1-12-4-6-13(7-5-12)10-24(3)16(21-2)22-9-8-15-23-14(11-25-15)17(18,19)20/h11-13H,4-10H2,1-3H3,(H,21,22). The van der Waals surface area contributed by atoms with Crippen LogP contribution >= 0.6 is 11.3 Å². The van der Waals surface area contributed by atoms with Crippen LogP contribution in [0.2, 0.25) is 0 Å². The smallest absolute Gasteiger partial charge is 0.356 e. The first kappa shape index (κ1) is 20.0. The summed E-state index contributed by atoms with van der Waals surface area (Å²) in [5, 5.41) is 4.78. The van der Waals surface area contributed by atoms with Crippen molar-refractivity contribution in [2.45, 2.75) is 45.2 Å². The lowest BCUT2D eigenvalue weighted by Crippen LogP contribution is -2.42. The van der Waals surface area contributed by atoms with Gasteiger partial charge in [-0.1, -0.05) is 19.8 Å². The average molecular weight is 376 g/mol. The summed E-state index contributed by atoms with van der Waals surface area (Å²) in [4.78, 5) is 10.0. The van der Waals surface area contributed by atoms with Gasteiger partial charge in [-0.2, -0.15) is 13.2 Å². The monoisotopic (exact) mass is 376 g/mol. The molecule has 1 N–H and O–H groups in total. The molecule has 0 radical (unpaired) electrons. The first-order valence-corrected chi connectivity index (χ1v) is 9.61. The molecule has 25 heavy (non-hydrogen) atoms. The second-order valence-electron chi connectivity index (χ2n) is 6.85. The molecule has 0 unspecified atom stereocenters. The van der Waals surface area contributed by atoms with Crippen molar-refractivity contribution in [3.63, 3.8) is 0 Å². The highest BCUT2D eigenvalue weighted by molar-refractivity contribution is 7.09. The van der Waals surface area contributed by atoms with Gasteiger partial charge in [0.15, 0.2) is 11.7 Å². The number of guanidine groups is 1. The molecule has 1 aromatic rings. The summed E-state index contributed by atoms with van der Waals surface area (Å²) in [5.74, 6) is 2.30. The van der Waals surface area contributed by atoms with Crippen molar-refractivity contribution in [2.75, 3.05) is 27.2 Å². The van der Waals surface area contributed by atoms with E-state index in [0.717, 1.165) is 35.1 Å². The fourth-order valence-corrected chi connectivity index (χ4v) is 4.01. The third kappa shape index (κ3) is 6.17. The predicted octanol–water partition coefficient (Wildman–Crippen LogP) is 4.04. The SMILES string of the molecule is CN=C(NCCc1nc(C(F)(F)F)cs1)N(C)CC1CCC(C)CC1. The molecule has 0 atom stereocenters. The average Bonchev–Trinajstić information content (AvgIpc) is 3.03. The number of thiazole rings is 1. The first-order chi connectivity index (χ1) is 11.8. The van der Waals surface area contributed by atoms with Crippen molar-refractivity contribution in [1.29, 1.82) is 0 Å². The molecule has 4 nitrogen and oxygen atoms in total. The van der Waals surface area contributed by atoms with E-state index in [9.17, 15) is 13.2 Å². The second-order valence-corrected chi connectivity index (χ2v) is 7.80. The van der Waals surface area contributed by atoms with Crippen LogP contribution in [0.4, 0.5) is 13.2 Å². The summed E-state index contributed by atoms with van der Waals surface area (Å²) in [5.41, 5.74) is -0.805. The van der Waals surface area contributed by atoms with E-state index in [1.54, 1.807) is 7.05 Å². The number of rotatable bonds is 5. The number of aromatic nitrogens is 1. The fraction of sp³-hybridized carbons (Fsp3) is 0.765. The minimum atomic E-state index is -4.37. The third-order valence-corrected chi connectivity index (χ3v) is 5.61. The van der Waals surface area contributed by atoms with Gasteiger partial charge in [0.05, 0.1) is 5.01 Å². The Kier molecular flexibility index (Phi) is 7.10. The van der Waals surface area contributed by atoms with Crippen molar-refractivity contribution in [3.05, 3.63) is 16.1 Å². The molecule has 8 heteroatoms. The summed E-state index contributed by atoms with van der Waals surface area (Å²) >= 11 is 1.05. The van der Waals surface area contributed by atoms with Crippen molar-refractivity contribution in [2.24, 2.45) is 16.8 Å². The second kappa shape index (κ2) is 8.87. The number of hydrogen-bond acceptors (Lipinski definition) is 3. The van der Waals surface area contributed by atoms with Gasteiger partial charge in [0.1, 0.15) is 0 Å². The van der Waals surface area contributed by atoms with E-state index in [-0.39, 0.29) is 0 Å². The molecule has 2 rings (SSSR count). The molecule has 1 saturated carbocycles. The summed E-state index contributed by atoms with van der Waals surface area (Å²) in [6, 6.07) is 0. The van der Waals surface area contributed by atoms with Crippen LogP contribution in [0.5, 0.6) is 0 Å². The Labute approximate surface area is 151 Å². The lowest BCUT2D eigenvalue weighted by Gasteiger charge is -2.31. The number of halogens is 3. The molecule has 0 bridgehead atoms. The maximum absolute atomic E-state index is 12.6. The first-order valence-electron chi connectivity index (χ1n) is 8.73. The van der Waals surface area contributed by atoms with Gasteiger partial charge in [-0.15, -0.1) is 11.3 Å². The van der Waals surface area contributed by atoms with Crippen molar-refractivity contribution in [1.82, 2.24) is 15.2 Å². The van der Waals surface area contributed by atoms with Crippen LogP contribution in [0.1, 0.15) is 43.3 Å². The Hall–Kier alpha value is -1.31. The van der Waals surface area contributed by atoms with E-state index < -0.39 is 11.9 Å². The molecule has 0 saturated heterocycles. The number of aliphatic imine (C=N–C) groups is 1. The highest BCUT2D eigenvalue weighted by Gasteiger charge is 2.33. The fourth-order valence-electron chi connectivity index (χ4n) is 3.21. The molecule has 0 aromatic carbocycles. The molecule has 0 amide bonds. The van der Waals surface area contributed by atoms with Gasteiger partial charge >= 0.3 is 6.18 Å². The van der Waals surface area contributed by atoms with Gasteiger partial charge in [0, 0.05) is 39.0 Å². The normalized spacial score (nSPS) is 22.1. The van der Waals surface area contributed by atoms with E-state index in [1.807, 2.05) is 7.05 Å². The van der Waals surface area contributed by atoms with E-state index in [0.29, 0.717) is 23.9 Å². The van der Waals surface area contributed by atoms with Crippen LogP contribution in [0, 0.1) is 11.8 Å². The van der Waals surface area contributed by atoms with Crippen LogP contribution in [0.3, 0.4) is 0 Å². The summed E-state index contributed by atoms with van der Waals surface area (Å²) in [6.07, 6.45) is 1.17. The van der Waals surface area contributed by atoms with Gasteiger partial charge in [-0.05, 0) is 24.7 Å². The van der Waals surface area contributed by atoms with Gasteiger partial charge < -0.3 is 10.2 Å². The van der Waals surface area contributed by atoms with Crippen LogP contribution in [-0.2, 0) is 12.6 Å². The number of nitrogens with one attached hydrogen (secondary N) is 1. The number of nitrogens with zero attached hydrogens (tertiary/aromatic N) is 3. The summed E-state index contributed by atoms with van der Waals surface area (Å²) in [7, 11) is 3.74. The molecule has 0 spiro atoms. The minimum absolute atomic E-state index is 0.453. The highest BCUT2D eigenvalue weighted by Crippen LogP contribution is 2.30. The van der Waals surface area contributed by atoms with Gasteiger partial charge in [-0.25, -0.2) is 4.98 Å². The zero-order chi connectivity index (χ0) is 18.4. The Morgan fingerprint density at radius 2 is 2.04 bits per heavy atom. The van der Waals surface area contributed by atoms with Crippen LogP contribution < -0.4 is 5.32 Å².